The quantitative estimate of drug-likeness (QED) is 0.560. The molecule has 9 heteroatoms. The van der Waals surface area contributed by atoms with Crippen LogP contribution in [-0.4, -0.2) is 55.4 Å². The fourth-order valence-electron chi connectivity index (χ4n) is 2.97. The van der Waals surface area contributed by atoms with E-state index in [4.69, 9.17) is 9.47 Å². The van der Waals surface area contributed by atoms with Gasteiger partial charge in [0.15, 0.2) is 13.2 Å². The van der Waals surface area contributed by atoms with Crippen LogP contribution < -0.4 is 25.4 Å². The molecule has 0 aromatic heterocycles. The minimum absolute atomic E-state index is 0.180. The van der Waals surface area contributed by atoms with Gasteiger partial charge < -0.3 is 25.4 Å². The molecule has 0 saturated heterocycles. The predicted molar refractivity (Wildman–Crippen MR) is 117 cm³/mol. The van der Waals surface area contributed by atoms with Crippen LogP contribution in [0.5, 0.6) is 11.5 Å². The molecule has 0 spiro atoms. The highest BCUT2D eigenvalue weighted by atomic mass is 32.2. The van der Waals surface area contributed by atoms with Crippen molar-refractivity contribution in [2.75, 3.05) is 39.4 Å². The van der Waals surface area contributed by atoms with E-state index < -0.39 is 10.8 Å². The number of ether oxygens (including phenoxy) is 2. The zero-order valence-electron chi connectivity index (χ0n) is 17.7. The monoisotopic (exact) mass is 445 g/mol. The maximum atomic E-state index is 13.5. The lowest BCUT2D eigenvalue weighted by molar-refractivity contribution is -0.123. The summed E-state index contributed by atoms with van der Waals surface area (Å²) in [7, 11) is -1.64. The molecule has 1 aliphatic rings. The van der Waals surface area contributed by atoms with Crippen LogP contribution >= 0.6 is 0 Å². The van der Waals surface area contributed by atoms with E-state index in [1.165, 1.54) is 0 Å². The zero-order valence-corrected chi connectivity index (χ0v) is 18.5. The molecule has 31 heavy (non-hydrogen) atoms. The highest BCUT2D eigenvalue weighted by Gasteiger charge is 2.20. The molecule has 2 amide bonds. The van der Waals surface area contributed by atoms with E-state index in [0.717, 1.165) is 11.1 Å². The first-order chi connectivity index (χ1) is 14.9. The number of carbonyl (C=O) groups is 2. The van der Waals surface area contributed by atoms with Crippen molar-refractivity contribution < 1.29 is 23.3 Å². The summed E-state index contributed by atoms with van der Waals surface area (Å²) in [6.07, 6.45) is 0. The van der Waals surface area contributed by atoms with Gasteiger partial charge in [-0.25, -0.2) is 4.21 Å². The lowest BCUT2D eigenvalue weighted by Crippen LogP contribution is -2.38. The average Bonchev–Trinajstić information content (AvgIpc) is 2.75. The smallest absolute Gasteiger partial charge is 0.257 e. The Morgan fingerprint density at radius 2 is 1.19 bits per heavy atom. The number of nitrogens with one attached hydrogen (secondary N) is 3. The molecule has 2 aromatic rings. The molecule has 1 heterocycles. The van der Waals surface area contributed by atoms with Gasteiger partial charge in [-0.1, -0.05) is 12.1 Å². The Labute approximate surface area is 184 Å². The van der Waals surface area contributed by atoms with Gasteiger partial charge >= 0.3 is 0 Å². The van der Waals surface area contributed by atoms with Gasteiger partial charge in [-0.15, -0.1) is 0 Å². The molecule has 166 valence electrons. The number of rotatable bonds is 0. The summed E-state index contributed by atoms with van der Waals surface area (Å²) >= 11 is 0. The first-order valence-electron chi connectivity index (χ1n) is 10.1. The van der Waals surface area contributed by atoms with Gasteiger partial charge in [0, 0.05) is 26.2 Å². The van der Waals surface area contributed by atoms with Crippen LogP contribution in [0.15, 0.2) is 46.2 Å². The molecule has 0 radical (unpaired) electrons. The largest absolute Gasteiger partial charge is 0.482 e. The second kappa shape index (κ2) is 10.9. The summed E-state index contributed by atoms with van der Waals surface area (Å²) in [5.41, 5.74) is 1.81. The van der Waals surface area contributed by atoms with Crippen LogP contribution in [0.1, 0.15) is 11.1 Å². The second-order valence-corrected chi connectivity index (χ2v) is 8.61. The van der Waals surface area contributed by atoms with Crippen molar-refractivity contribution in [3.63, 3.8) is 0 Å². The summed E-state index contributed by atoms with van der Waals surface area (Å²) in [6, 6.07) is 10.6. The Hall–Kier alpha value is -2.91. The van der Waals surface area contributed by atoms with E-state index in [9.17, 15) is 13.8 Å². The van der Waals surface area contributed by atoms with E-state index in [2.05, 4.69) is 16.0 Å². The van der Waals surface area contributed by atoms with Crippen LogP contribution in [0, 0.1) is 13.8 Å². The molecule has 0 aliphatic carbocycles. The van der Waals surface area contributed by atoms with Gasteiger partial charge in [0.2, 0.25) is 0 Å². The first-order valence-corrected chi connectivity index (χ1v) is 11.2. The lowest BCUT2D eigenvalue weighted by Gasteiger charge is -2.16. The Morgan fingerprint density at radius 3 is 1.65 bits per heavy atom. The number of aryl methyl sites for hydroxylation is 2. The maximum absolute atomic E-state index is 13.5. The van der Waals surface area contributed by atoms with E-state index in [1.807, 2.05) is 26.0 Å². The number of fused-ring (bicyclic) bond motifs is 2. The van der Waals surface area contributed by atoms with Crippen molar-refractivity contribution in [3.05, 3.63) is 47.5 Å². The number of hydrogen-bond donors (Lipinski definition) is 3. The van der Waals surface area contributed by atoms with Crippen molar-refractivity contribution >= 4 is 22.6 Å². The number of benzene rings is 2. The summed E-state index contributed by atoms with van der Waals surface area (Å²) in [6.45, 7) is 5.40. The normalized spacial score (nSPS) is 17.0. The fourth-order valence-corrected chi connectivity index (χ4v) is 4.41. The third-order valence-corrected chi connectivity index (χ3v) is 6.00. The molecule has 0 atom stereocenters. The predicted octanol–water partition coefficient (Wildman–Crippen LogP) is 1.06. The third-order valence-electron chi connectivity index (χ3n) is 4.56. The van der Waals surface area contributed by atoms with Gasteiger partial charge in [-0.3, -0.25) is 9.59 Å². The Kier molecular flexibility index (Phi) is 8.02. The number of hydrogen-bond acceptors (Lipinski definition) is 6. The van der Waals surface area contributed by atoms with Gasteiger partial charge in [0.05, 0.1) is 20.6 Å². The second-order valence-electron chi connectivity index (χ2n) is 7.20. The van der Waals surface area contributed by atoms with Crippen LogP contribution in [0.25, 0.3) is 0 Å². The highest BCUT2D eigenvalue weighted by Crippen LogP contribution is 2.32. The zero-order chi connectivity index (χ0) is 22.2. The van der Waals surface area contributed by atoms with Gasteiger partial charge in [0.25, 0.3) is 11.8 Å². The SMILES string of the molecule is Cc1ccc2c(c1)S(=O)c1cc(C)ccc1OCC(=O)NCCNCCNC(=O)CO2. The van der Waals surface area contributed by atoms with Crippen molar-refractivity contribution in [3.8, 4) is 11.5 Å². The average molecular weight is 446 g/mol. The molecule has 0 unspecified atom stereocenters. The summed E-state index contributed by atoms with van der Waals surface area (Å²) in [5, 5.41) is 8.65. The standard InChI is InChI=1S/C22H27N3O5S/c1-15-3-5-17-19(11-15)31(28)20-12-16(2)4-6-18(20)30-14-22(27)25-10-8-23-7-9-24-21(26)13-29-17/h3-6,11-12,23H,7-10,13-14H2,1-2H3,(H,24,26)(H,25,27). The molecule has 1 aliphatic heterocycles. The Bertz CT molecular complexity index is 904. The van der Waals surface area contributed by atoms with Gasteiger partial charge in [-0.2, -0.15) is 0 Å². The van der Waals surface area contributed by atoms with Crippen molar-refractivity contribution in [2.45, 2.75) is 23.6 Å². The van der Waals surface area contributed by atoms with Crippen LogP contribution in [-0.2, 0) is 20.4 Å². The molecular weight excluding hydrogens is 418 g/mol. The highest BCUT2D eigenvalue weighted by molar-refractivity contribution is 7.85. The van der Waals surface area contributed by atoms with Crippen molar-refractivity contribution in [2.24, 2.45) is 0 Å². The molecule has 0 saturated carbocycles. The van der Waals surface area contributed by atoms with E-state index >= 15 is 0 Å². The summed E-state index contributed by atoms with van der Waals surface area (Å²) in [4.78, 5) is 25.1. The van der Waals surface area contributed by atoms with E-state index in [0.29, 0.717) is 47.5 Å². The Balaban J connectivity index is 1.94. The van der Waals surface area contributed by atoms with Crippen LogP contribution in [0.2, 0.25) is 0 Å². The minimum atomic E-state index is -1.64. The minimum Gasteiger partial charge on any atom is -0.482 e. The van der Waals surface area contributed by atoms with Gasteiger partial charge in [0.1, 0.15) is 11.5 Å². The molecule has 0 fully saturated rings. The number of carbonyl (C=O) groups excluding carboxylic acids is 2. The summed E-state index contributed by atoms with van der Waals surface area (Å²) in [5.74, 6) is 0.188. The molecule has 3 rings (SSSR count). The maximum Gasteiger partial charge on any atom is 0.257 e. The van der Waals surface area contributed by atoms with E-state index in [1.54, 1.807) is 24.3 Å². The van der Waals surface area contributed by atoms with E-state index in [-0.39, 0.29) is 25.0 Å². The third kappa shape index (κ3) is 6.53. The topological polar surface area (TPSA) is 106 Å². The first kappa shape index (κ1) is 22.8. The molecule has 3 N–H and O–H groups in total. The fraction of sp³-hybridized carbons (Fsp3) is 0.364. The molecule has 2 aromatic carbocycles. The summed E-state index contributed by atoms with van der Waals surface area (Å²) < 4.78 is 24.9. The van der Waals surface area contributed by atoms with Crippen LogP contribution in [0.4, 0.5) is 0 Å². The molecule has 8 nitrogen and oxygen atoms in total. The number of amides is 2. The van der Waals surface area contributed by atoms with Gasteiger partial charge in [-0.05, 0) is 49.2 Å². The van der Waals surface area contributed by atoms with Crippen molar-refractivity contribution in [1.82, 2.24) is 16.0 Å². The van der Waals surface area contributed by atoms with Crippen molar-refractivity contribution in [1.29, 1.82) is 0 Å². The molecule has 0 bridgehead atoms. The van der Waals surface area contributed by atoms with Crippen LogP contribution in [0.3, 0.4) is 0 Å². The lowest BCUT2D eigenvalue weighted by atomic mass is 10.2. The Morgan fingerprint density at radius 1 is 0.742 bits per heavy atom. The molecular formula is C22H27N3O5S.